The van der Waals surface area contributed by atoms with Crippen LogP contribution in [0.5, 0.6) is 11.5 Å². The third-order valence-corrected chi connectivity index (χ3v) is 6.34. The number of esters is 1. The molecular formula is C31H25NO7. The van der Waals surface area contributed by atoms with Crippen molar-refractivity contribution in [3.63, 3.8) is 0 Å². The average molecular weight is 524 g/mol. The highest BCUT2D eigenvalue weighted by Crippen LogP contribution is 2.33. The monoisotopic (exact) mass is 523 g/mol. The van der Waals surface area contributed by atoms with Gasteiger partial charge >= 0.3 is 17.7 Å². The van der Waals surface area contributed by atoms with E-state index in [0.717, 1.165) is 5.56 Å². The number of ether oxygens (including phenoxy) is 3. The van der Waals surface area contributed by atoms with Gasteiger partial charge in [-0.05, 0) is 48.4 Å². The molecule has 4 aromatic carbocycles. The van der Waals surface area contributed by atoms with Crippen molar-refractivity contribution in [2.24, 2.45) is 0 Å². The molecule has 0 unspecified atom stereocenters. The van der Waals surface area contributed by atoms with Crippen molar-refractivity contribution in [2.45, 2.75) is 19.6 Å². The molecule has 0 aliphatic rings. The summed E-state index contributed by atoms with van der Waals surface area (Å²) in [7, 11) is 1.52. The summed E-state index contributed by atoms with van der Waals surface area (Å²) in [5.74, 6) is 0.00949. The van der Waals surface area contributed by atoms with Gasteiger partial charge < -0.3 is 23.9 Å². The molecule has 0 spiro atoms. The van der Waals surface area contributed by atoms with E-state index in [-0.39, 0.29) is 12.4 Å². The van der Waals surface area contributed by atoms with Crippen LogP contribution in [0.3, 0.4) is 0 Å². The minimum absolute atomic E-state index is 0.0475. The van der Waals surface area contributed by atoms with E-state index in [1.54, 1.807) is 67.6 Å². The predicted molar refractivity (Wildman–Crippen MR) is 146 cm³/mol. The molecule has 0 aliphatic carbocycles. The van der Waals surface area contributed by atoms with Gasteiger partial charge in [-0.3, -0.25) is 0 Å². The van der Waals surface area contributed by atoms with Crippen molar-refractivity contribution in [1.82, 2.24) is 5.32 Å². The van der Waals surface area contributed by atoms with Crippen LogP contribution < -0.4 is 20.4 Å². The van der Waals surface area contributed by atoms with Gasteiger partial charge in [0.05, 0.1) is 12.5 Å². The zero-order chi connectivity index (χ0) is 27.4. The molecule has 196 valence electrons. The lowest BCUT2D eigenvalue weighted by Crippen LogP contribution is -2.36. The van der Waals surface area contributed by atoms with Gasteiger partial charge in [-0.2, -0.15) is 0 Å². The van der Waals surface area contributed by atoms with E-state index >= 15 is 0 Å². The van der Waals surface area contributed by atoms with E-state index in [1.807, 2.05) is 30.3 Å². The quantitative estimate of drug-likeness (QED) is 0.124. The van der Waals surface area contributed by atoms with Crippen LogP contribution in [0, 0.1) is 6.92 Å². The molecule has 0 fully saturated rings. The smallest absolute Gasteiger partial charge is 0.408 e. The Morgan fingerprint density at radius 2 is 1.56 bits per heavy atom. The highest BCUT2D eigenvalue weighted by molar-refractivity contribution is 6.06. The molecule has 1 aromatic heterocycles. The molecule has 5 aromatic rings. The molecule has 8 heteroatoms. The number of alkyl carbamates (subject to hydrolysis) is 1. The Hall–Kier alpha value is -5.11. The minimum Gasteiger partial charge on any atom is -0.497 e. The zero-order valence-corrected chi connectivity index (χ0v) is 21.3. The molecule has 5 rings (SSSR count). The van der Waals surface area contributed by atoms with Gasteiger partial charge in [0.25, 0.3) is 0 Å². The lowest BCUT2D eigenvalue weighted by molar-refractivity contribution is -0.136. The number of carbonyl (C=O) groups is 2. The molecule has 0 aliphatic heterocycles. The molecule has 0 saturated heterocycles. The van der Waals surface area contributed by atoms with E-state index in [0.29, 0.717) is 38.6 Å². The molecule has 0 bridgehead atoms. The van der Waals surface area contributed by atoms with E-state index in [9.17, 15) is 14.4 Å². The summed E-state index contributed by atoms with van der Waals surface area (Å²) >= 11 is 0. The van der Waals surface area contributed by atoms with E-state index in [2.05, 4.69) is 5.32 Å². The van der Waals surface area contributed by atoms with Crippen LogP contribution in [0.25, 0.3) is 21.7 Å². The molecule has 1 N–H and O–H groups in total. The first-order valence-electron chi connectivity index (χ1n) is 12.2. The summed E-state index contributed by atoms with van der Waals surface area (Å²) in [6.45, 7) is 1.74. The second kappa shape index (κ2) is 11.1. The summed E-state index contributed by atoms with van der Waals surface area (Å²) < 4.78 is 21.9. The molecule has 1 amide bonds. The molecule has 8 nitrogen and oxygen atoms in total. The first-order chi connectivity index (χ1) is 18.9. The Balaban J connectivity index is 1.42. The van der Waals surface area contributed by atoms with Crippen molar-refractivity contribution in [3.05, 3.63) is 118 Å². The van der Waals surface area contributed by atoms with Gasteiger partial charge in [0, 0.05) is 16.3 Å². The summed E-state index contributed by atoms with van der Waals surface area (Å²) in [5, 5.41) is 4.36. The van der Waals surface area contributed by atoms with Gasteiger partial charge in [0.1, 0.15) is 23.7 Å². The minimum atomic E-state index is -1.14. The molecule has 1 atom stereocenters. The SMILES string of the molecule is COc1ccc2c(c1)c(=O)oc1c(C)c(OC(=O)[C@H](NC(=O)OCc3ccccc3)c3ccccc3)ccc12. The van der Waals surface area contributed by atoms with E-state index < -0.39 is 23.7 Å². The number of nitrogens with one attached hydrogen (secondary N) is 1. The molecule has 1 heterocycles. The van der Waals surface area contributed by atoms with Crippen molar-refractivity contribution in [2.75, 3.05) is 7.11 Å². The van der Waals surface area contributed by atoms with Crippen molar-refractivity contribution < 1.29 is 28.2 Å². The Morgan fingerprint density at radius 3 is 2.28 bits per heavy atom. The van der Waals surface area contributed by atoms with Crippen LogP contribution >= 0.6 is 0 Å². The number of fused-ring (bicyclic) bond motifs is 3. The first kappa shape index (κ1) is 25.5. The molecule has 0 saturated carbocycles. The van der Waals surface area contributed by atoms with Gasteiger partial charge in [0.2, 0.25) is 0 Å². The maximum absolute atomic E-state index is 13.4. The van der Waals surface area contributed by atoms with Crippen molar-refractivity contribution >= 4 is 33.8 Å². The lowest BCUT2D eigenvalue weighted by Gasteiger charge is -2.19. The van der Waals surface area contributed by atoms with Crippen LogP contribution in [-0.2, 0) is 16.1 Å². The molecular weight excluding hydrogens is 498 g/mol. The standard InChI is InChI=1S/C31H25NO7/c1-19-26(16-15-24-23-14-13-22(36-2)17-25(23)29(33)39-28(19)24)38-30(34)27(21-11-7-4-8-12-21)32-31(35)37-18-20-9-5-3-6-10-20/h3-17,27H,18H2,1-2H3,(H,32,35)/t27-/m1/s1. The zero-order valence-electron chi connectivity index (χ0n) is 21.3. The van der Waals surface area contributed by atoms with E-state index in [4.69, 9.17) is 18.6 Å². The van der Waals surface area contributed by atoms with Crippen molar-refractivity contribution in [1.29, 1.82) is 0 Å². The fourth-order valence-corrected chi connectivity index (χ4v) is 4.30. The topological polar surface area (TPSA) is 104 Å². The third kappa shape index (κ3) is 5.45. The normalized spacial score (nSPS) is 11.6. The second-order valence-corrected chi connectivity index (χ2v) is 8.84. The number of hydrogen-bond acceptors (Lipinski definition) is 7. The summed E-state index contributed by atoms with van der Waals surface area (Å²) in [6, 6.07) is 25.3. The first-order valence-corrected chi connectivity index (χ1v) is 12.2. The number of methoxy groups -OCH3 is 1. The van der Waals surface area contributed by atoms with Crippen LogP contribution in [0.2, 0.25) is 0 Å². The number of benzene rings is 4. The average Bonchev–Trinajstić information content (AvgIpc) is 2.97. The molecule has 39 heavy (non-hydrogen) atoms. The third-order valence-electron chi connectivity index (χ3n) is 6.34. The van der Waals surface area contributed by atoms with Crippen LogP contribution in [0.4, 0.5) is 4.79 Å². The Morgan fingerprint density at radius 1 is 0.872 bits per heavy atom. The lowest BCUT2D eigenvalue weighted by atomic mass is 10.0. The number of aryl methyl sites for hydroxylation is 1. The Labute approximate surface area is 223 Å². The maximum atomic E-state index is 13.4. The van der Waals surface area contributed by atoms with Crippen LogP contribution in [0.1, 0.15) is 22.7 Å². The number of amides is 1. The Bertz CT molecular complexity index is 1710. The van der Waals surface area contributed by atoms with Gasteiger partial charge in [-0.15, -0.1) is 0 Å². The number of hydrogen-bond donors (Lipinski definition) is 1. The summed E-state index contributed by atoms with van der Waals surface area (Å²) in [6.07, 6.45) is -0.771. The van der Waals surface area contributed by atoms with Gasteiger partial charge in [-0.1, -0.05) is 60.7 Å². The maximum Gasteiger partial charge on any atom is 0.408 e. The molecule has 0 radical (unpaired) electrons. The number of rotatable bonds is 7. The predicted octanol–water partition coefficient (Wildman–Crippen LogP) is 5.84. The summed E-state index contributed by atoms with van der Waals surface area (Å²) in [4.78, 5) is 38.7. The van der Waals surface area contributed by atoms with E-state index in [1.165, 1.54) is 7.11 Å². The number of carbonyl (C=O) groups excluding carboxylic acids is 2. The van der Waals surface area contributed by atoms with Gasteiger partial charge in [0.15, 0.2) is 6.04 Å². The fraction of sp³-hybridized carbons (Fsp3) is 0.129. The van der Waals surface area contributed by atoms with Gasteiger partial charge in [-0.25, -0.2) is 14.4 Å². The fourth-order valence-electron chi connectivity index (χ4n) is 4.30. The summed E-state index contributed by atoms with van der Waals surface area (Å²) in [5.41, 5.74) is 1.56. The second-order valence-electron chi connectivity index (χ2n) is 8.84. The largest absolute Gasteiger partial charge is 0.497 e. The highest BCUT2D eigenvalue weighted by atomic mass is 16.6. The van der Waals surface area contributed by atoms with Crippen LogP contribution in [-0.4, -0.2) is 19.2 Å². The Kier molecular flexibility index (Phi) is 7.27. The van der Waals surface area contributed by atoms with Crippen LogP contribution in [0.15, 0.2) is 100 Å². The highest BCUT2D eigenvalue weighted by Gasteiger charge is 2.27. The van der Waals surface area contributed by atoms with Crippen molar-refractivity contribution in [3.8, 4) is 11.5 Å².